The minimum Gasteiger partial charge on any atom is -0.308 e. The molecule has 32 heavy (non-hydrogen) atoms. The third-order valence-corrected chi connectivity index (χ3v) is 4.61. The Hall–Kier alpha value is -3.68. The number of ketones is 1. The van der Waals surface area contributed by atoms with Crippen molar-refractivity contribution in [3.05, 3.63) is 94.8 Å². The average molecular weight is 444 g/mol. The smallest absolute Gasteiger partial charge is 0.308 e. The molecule has 3 aromatic carbocycles. The normalized spacial score (nSPS) is 11.2. The maximum Gasteiger partial charge on any atom is 0.418 e. The van der Waals surface area contributed by atoms with Crippen LogP contribution in [-0.4, -0.2) is 11.8 Å². The van der Waals surface area contributed by atoms with Gasteiger partial charge in [-0.2, -0.15) is 13.2 Å². The summed E-state index contributed by atoms with van der Waals surface area (Å²) in [7, 11) is 0. The highest BCUT2D eigenvalue weighted by Gasteiger charge is 2.34. The number of urea groups is 1. The molecule has 8 heteroatoms. The molecule has 0 saturated carbocycles. The molecule has 0 radical (unpaired) electrons. The summed E-state index contributed by atoms with van der Waals surface area (Å²) in [6.07, 6.45) is -4.82. The molecule has 0 heterocycles. The van der Waals surface area contributed by atoms with Crippen LogP contribution in [0, 0.1) is 12.7 Å². The maximum absolute atomic E-state index is 13.6. The van der Waals surface area contributed by atoms with E-state index in [0.717, 1.165) is 29.3 Å². The Morgan fingerprint density at radius 2 is 1.53 bits per heavy atom. The van der Waals surface area contributed by atoms with Gasteiger partial charge >= 0.3 is 12.2 Å². The number of carbonyl (C=O) groups is 2. The topological polar surface area (TPSA) is 58.2 Å². The summed E-state index contributed by atoms with van der Waals surface area (Å²) in [5.74, 6) is -0.827. The first-order valence-electron chi connectivity index (χ1n) is 9.71. The van der Waals surface area contributed by atoms with Crippen LogP contribution < -0.4 is 10.6 Å². The molecule has 0 aromatic heterocycles. The molecule has 0 atom stereocenters. The largest absolute Gasteiger partial charge is 0.418 e. The zero-order chi connectivity index (χ0) is 23.3. The van der Waals surface area contributed by atoms with Crippen LogP contribution in [0.3, 0.4) is 0 Å². The number of aryl methyl sites for hydroxylation is 1. The molecule has 4 nitrogen and oxygen atoms in total. The van der Waals surface area contributed by atoms with E-state index in [1.807, 2.05) is 25.1 Å². The molecule has 0 bridgehead atoms. The highest BCUT2D eigenvalue weighted by atomic mass is 19.4. The Balaban J connectivity index is 1.74. The Kier molecular flexibility index (Phi) is 6.92. The van der Waals surface area contributed by atoms with Crippen LogP contribution >= 0.6 is 0 Å². The Labute approximate surface area is 182 Å². The summed E-state index contributed by atoms with van der Waals surface area (Å²) in [5.41, 5.74) is 0.509. The van der Waals surface area contributed by atoms with Crippen LogP contribution in [0.5, 0.6) is 0 Å². The van der Waals surface area contributed by atoms with Gasteiger partial charge in [-0.3, -0.25) is 4.79 Å². The van der Waals surface area contributed by atoms with E-state index in [0.29, 0.717) is 0 Å². The first-order valence-corrected chi connectivity index (χ1v) is 9.71. The third-order valence-electron chi connectivity index (χ3n) is 4.61. The number of amides is 2. The molecule has 0 aliphatic rings. The van der Waals surface area contributed by atoms with Crippen molar-refractivity contribution < 1.29 is 27.2 Å². The van der Waals surface area contributed by atoms with Crippen LogP contribution in [-0.2, 0) is 23.8 Å². The maximum atomic E-state index is 13.6. The van der Waals surface area contributed by atoms with Gasteiger partial charge in [-0.25, -0.2) is 9.18 Å². The molecule has 2 N–H and O–H groups in total. The molecular formula is C24H20F4N2O2. The second kappa shape index (κ2) is 9.64. The number of hydrogen-bond acceptors (Lipinski definition) is 2. The van der Waals surface area contributed by atoms with E-state index in [1.165, 1.54) is 24.3 Å². The molecule has 0 fully saturated rings. The highest BCUT2D eigenvalue weighted by Crippen LogP contribution is 2.35. The number of alkyl halides is 3. The van der Waals surface area contributed by atoms with Gasteiger partial charge in [-0.15, -0.1) is 0 Å². The highest BCUT2D eigenvalue weighted by molar-refractivity contribution is 6.00. The van der Waals surface area contributed by atoms with Crippen molar-refractivity contribution in [1.29, 1.82) is 0 Å². The molecule has 0 aliphatic carbocycles. The van der Waals surface area contributed by atoms with Crippen molar-refractivity contribution in [2.24, 2.45) is 0 Å². The van der Waals surface area contributed by atoms with Gasteiger partial charge in [0.05, 0.1) is 11.3 Å². The van der Waals surface area contributed by atoms with Crippen molar-refractivity contribution in [3.63, 3.8) is 0 Å². The van der Waals surface area contributed by atoms with Crippen LogP contribution in [0.4, 0.5) is 33.7 Å². The number of rotatable bonds is 6. The predicted molar refractivity (Wildman–Crippen MR) is 114 cm³/mol. The van der Waals surface area contributed by atoms with Crippen LogP contribution in [0.1, 0.15) is 22.3 Å². The second-order valence-corrected chi connectivity index (χ2v) is 7.35. The summed E-state index contributed by atoms with van der Waals surface area (Å²) in [6, 6.07) is 14.7. The second-order valence-electron chi connectivity index (χ2n) is 7.35. The van der Waals surface area contributed by atoms with Crippen LogP contribution in [0.25, 0.3) is 0 Å². The molecule has 3 aromatic rings. The lowest BCUT2D eigenvalue weighted by molar-refractivity contribution is -0.137. The predicted octanol–water partition coefficient (Wildman–Crippen LogP) is 6.15. The van der Waals surface area contributed by atoms with Crippen molar-refractivity contribution in [3.8, 4) is 0 Å². The first kappa shape index (κ1) is 23.0. The zero-order valence-electron chi connectivity index (χ0n) is 17.1. The van der Waals surface area contributed by atoms with E-state index in [2.05, 4.69) is 10.6 Å². The lowest BCUT2D eigenvalue weighted by Crippen LogP contribution is -2.22. The van der Waals surface area contributed by atoms with Gasteiger partial charge in [0.15, 0.2) is 0 Å². The fourth-order valence-electron chi connectivity index (χ4n) is 3.24. The van der Waals surface area contributed by atoms with E-state index < -0.39 is 29.3 Å². The molecular weight excluding hydrogens is 424 g/mol. The lowest BCUT2D eigenvalue weighted by Gasteiger charge is -2.16. The monoisotopic (exact) mass is 444 g/mol. The third kappa shape index (κ3) is 6.41. The first-order chi connectivity index (χ1) is 15.1. The minimum atomic E-state index is -4.75. The number of benzene rings is 3. The Bertz CT molecular complexity index is 1140. The summed E-state index contributed by atoms with van der Waals surface area (Å²) in [4.78, 5) is 24.5. The van der Waals surface area contributed by atoms with Gasteiger partial charge in [0.1, 0.15) is 11.6 Å². The average Bonchev–Trinajstić information content (AvgIpc) is 2.68. The fraction of sp³-hybridized carbons (Fsp3) is 0.167. The van der Waals surface area contributed by atoms with E-state index in [4.69, 9.17) is 0 Å². The van der Waals surface area contributed by atoms with E-state index >= 15 is 0 Å². The van der Waals surface area contributed by atoms with Crippen molar-refractivity contribution in [2.75, 3.05) is 10.6 Å². The molecule has 166 valence electrons. The zero-order valence-corrected chi connectivity index (χ0v) is 17.1. The quantitative estimate of drug-likeness (QED) is 0.448. The van der Waals surface area contributed by atoms with Gasteiger partial charge in [0, 0.05) is 18.5 Å². The lowest BCUT2D eigenvalue weighted by atomic mass is 9.99. The van der Waals surface area contributed by atoms with Crippen molar-refractivity contribution in [2.45, 2.75) is 25.9 Å². The molecule has 3 rings (SSSR count). The van der Waals surface area contributed by atoms with Gasteiger partial charge < -0.3 is 10.6 Å². The summed E-state index contributed by atoms with van der Waals surface area (Å²) < 4.78 is 54.0. The fourth-order valence-corrected chi connectivity index (χ4v) is 3.24. The van der Waals surface area contributed by atoms with Crippen LogP contribution in [0.2, 0.25) is 0 Å². The Morgan fingerprint density at radius 3 is 2.19 bits per heavy atom. The van der Waals surface area contributed by atoms with Gasteiger partial charge in [0.25, 0.3) is 0 Å². The SMILES string of the molecule is Cc1cccc(CC(=O)Cc2ccc(NC(=O)Nc3cccc(F)c3)c(C(F)(F)F)c2)c1. The number of Topliss-reactive ketones (excluding diaryl/α,β-unsaturated/α-hetero) is 1. The molecule has 0 unspecified atom stereocenters. The van der Waals surface area contributed by atoms with Crippen molar-refractivity contribution >= 4 is 23.2 Å². The molecule has 2 amide bonds. The summed E-state index contributed by atoms with van der Waals surface area (Å²) in [6.45, 7) is 1.89. The van der Waals surface area contributed by atoms with Gasteiger partial charge in [0.2, 0.25) is 0 Å². The number of halogens is 4. The van der Waals surface area contributed by atoms with Gasteiger partial charge in [-0.1, -0.05) is 42.0 Å². The number of nitrogens with one attached hydrogen (secondary N) is 2. The van der Waals surface area contributed by atoms with Crippen molar-refractivity contribution in [1.82, 2.24) is 0 Å². The molecule has 0 spiro atoms. The van der Waals surface area contributed by atoms with E-state index in [1.54, 1.807) is 6.07 Å². The van der Waals surface area contributed by atoms with Crippen LogP contribution in [0.15, 0.2) is 66.7 Å². The standard InChI is InChI=1S/C24H20F4N2O2/c1-15-4-2-5-16(10-15)11-20(31)12-17-8-9-22(21(13-17)24(26,27)28)30-23(32)29-19-7-3-6-18(25)14-19/h2-10,13-14H,11-12H2,1H3,(H2,29,30,32). The number of hydrogen-bond donors (Lipinski definition) is 2. The number of carbonyl (C=O) groups excluding carboxylic acids is 2. The van der Waals surface area contributed by atoms with Gasteiger partial charge in [-0.05, 0) is 48.4 Å². The van der Waals surface area contributed by atoms with E-state index in [-0.39, 0.29) is 29.9 Å². The summed E-state index contributed by atoms with van der Waals surface area (Å²) >= 11 is 0. The Morgan fingerprint density at radius 1 is 0.844 bits per heavy atom. The molecule has 0 saturated heterocycles. The summed E-state index contributed by atoms with van der Waals surface area (Å²) in [5, 5.41) is 4.41. The molecule has 0 aliphatic heterocycles. The number of anilines is 2. The van der Waals surface area contributed by atoms with E-state index in [9.17, 15) is 27.2 Å². The minimum absolute atomic E-state index is 0.0921.